The Hall–Kier alpha value is -1.16. The first-order valence-corrected chi connectivity index (χ1v) is 4.93. The van der Waals surface area contributed by atoms with Crippen LogP contribution in [-0.4, -0.2) is 30.1 Å². The lowest BCUT2D eigenvalue weighted by Crippen LogP contribution is -2.14. The topological polar surface area (TPSA) is 49.8 Å². The molecule has 0 aliphatic heterocycles. The molecule has 0 saturated heterocycles. The molecular weight excluding hydrogens is 176 g/mol. The standard InChI is InChI=1S/C10H18N4/c1-8-7-9(2)14-10(13-8)12-6-4-5-11-3/h7,11H,4-6H2,1-3H3,(H,12,13,14). The maximum atomic E-state index is 4.29. The van der Waals surface area contributed by atoms with Crippen LogP contribution in [0.15, 0.2) is 6.07 Å². The summed E-state index contributed by atoms with van der Waals surface area (Å²) in [4.78, 5) is 8.58. The van der Waals surface area contributed by atoms with Gasteiger partial charge in [-0.25, -0.2) is 9.97 Å². The molecule has 2 N–H and O–H groups in total. The van der Waals surface area contributed by atoms with Crippen LogP contribution in [0.3, 0.4) is 0 Å². The average molecular weight is 194 g/mol. The molecule has 0 spiro atoms. The zero-order chi connectivity index (χ0) is 10.4. The third-order valence-electron chi connectivity index (χ3n) is 1.87. The van der Waals surface area contributed by atoms with Crippen LogP contribution in [0.5, 0.6) is 0 Å². The van der Waals surface area contributed by atoms with E-state index in [1.54, 1.807) is 0 Å². The predicted molar refractivity (Wildman–Crippen MR) is 58.5 cm³/mol. The fourth-order valence-electron chi connectivity index (χ4n) is 1.27. The molecule has 0 aromatic carbocycles. The molecule has 0 aliphatic carbocycles. The van der Waals surface area contributed by atoms with Crippen molar-refractivity contribution in [1.29, 1.82) is 0 Å². The molecule has 1 heterocycles. The molecule has 1 aromatic rings. The van der Waals surface area contributed by atoms with Crippen molar-refractivity contribution in [2.24, 2.45) is 0 Å². The van der Waals surface area contributed by atoms with Crippen molar-refractivity contribution in [3.8, 4) is 0 Å². The normalized spacial score (nSPS) is 10.2. The highest BCUT2D eigenvalue weighted by molar-refractivity contribution is 5.27. The Kier molecular flexibility index (Phi) is 4.32. The molecule has 0 fully saturated rings. The molecule has 14 heavy (non-hydrogen) atoms. The van der Waals surface area contributed by atoms with Gasteiger partial charge in [0, 0.05) is 17.9 Å². The minimum Gasteiger partial charge on any atom is -0.354 e. The Bertz CT molecular complexity index is 265. The summed E-state index contributed by atoms with van der Waals surface area (Å²) in [5, 5.41) is 6.29. The summed E-state index contributed by atoms with van der Waals surface area (Å²) in [6.45, 7) is 5.88. The van der Waals surface area contributed by atoms with E-state index in [0.29, 0.717) is 0 Å². The molecule has 0 radical (unpaired) electrons. The third kappa shape index (κ3) is 3.70. The highest BCUT2D eigenvalue weighted by Crippen LogP contribution is 2.03. The predicted octanol–water partition coefficient (Wildman–Crippen LogP) is 1.11. The number of anilines is 1. The van der Waals surface area contributed by atoms with Gasteiger partial charge in [0.1, 0.15) is 0 Å². The van der Waals surface area contributed by atoms with Gasteiger partial charge in [-0.15, -0.1) is 0 Å². The second kappa shape index (κ2) is 5.54. The van der Waals surface area contributed by atoms with Gasteiger partial charge >= 0.3 is 0 Å². The Balaban J connectivity index is 2.42. The fourth-order valence-corrected chi connectivity index (χ4v) is 1.27. The van der Waals surface area contributed by atoms with E-state index < -0.39 is 0 Å². The molecular formula is C10H18N4. The van der Waals surface area contributed by atoms with E-state index in [1.807, 2.05) is 27.0 Å². The lowest BCUT2D eigenvalue weighted by atomic mass is 10.3. The fraction of sp³-hybridized carbons (Fsp3) is 0.600. The van der Waals surface area contributed by atoms with Crippen molar-refractivity contribution >= 4 is 5.95 Å². The number of rotatable bonds is 5. The number of nitrogens with zero attached hydrogens (tertiary/aromatic N) is 2. The number of aromatic nitrogens is 2. The van der Waals surface area contributed by atoms with Crippen molar-refractivity contribution in [2.75, 3.05) is 25.5 Å². The van der Waals surface area contributed by atoms with Gasteiger partial charge in [-0.2, -0.15) is 0 Å². The van der Waals surface area contributed by atoms with Crippen molar-refractivity contribution < 1.29 is 0 Å². The van der Waals surface area contributed by atoms with Crippen LogP contribution < -0.4 is 10.6 Å². The maximum absolute atomic E-state index is 4.29. The quantitative estimate of drug-likeness (QED) is 0.690. The SMILES string of the molecule is CNCCCNc1nc(C)cc(C)n1. The number of hydrogen-bond acceptors (Lipinski definition) is 4. The molecule has 0 bridgehead atoms. The Morgan fingerprint density at radius 3 is 2.36 bits per heavy atom. The van der Waals surface area contributed by atoms with Crippen molar-refractivity contribution in [1.82, 2.24) is 15.3 Å². The van der Waals surface area contributed by atoms with Gasteiger partial charge < -0.3 is 10.6 Å². The summed E-state index contributed by atoms with van der Waals surface area (Å²) in [7, 11) is 1.95. The Labute approximate surface area is 85.2 Å². The summed E-state index contributed by atoms with van der Waals surface area (Å²) in [5.74, 6) is 0.735. The molecule has 0 unspecified atom stereocenters. The van der Waals surface area contributed by atoms with Gasteiger partial charge in [0.05, 0.1) is 0 Å². The minimum absolute atomic E-state index is 0.735. The van der Waals surface area contributed by atoms with Gasteiger partial charge in [0.25, 0.3) is 0 Å². The summed E-state index contributed by atoms with van der Waals surface area (Å²) in [6, 6.07) is 1.97. The summed E-state index contributed by atoms with van der Waals surface area (Å²) < 4.78 is 0. The van der Waals surface area contributed by atoms with Crippen LogP contribution in [0.2, 0.25) is 0 Å². The van der Waals surface area contributed by atoms with Gasteiger partial charge in [-0.1, -0.05) is 0 Å². The highest BCUT2D eigenvalue weighted by Gasteiger charge is 1.97. The molecule has 0 atom stereocenters. The van der Waals surface area contributed by atoms with E-state index in [4.69, 9.17) is 0 Å². The van der Waals surface area contributed by atoms with Crippen molar-refractivity contribution in [2.45, 2.75) is 20.3 Å². The molecule has 4 heteroatoms. The second-order valence-corrected chi connectivity index (χ2v) is 3.36. The van der Waals surface area contributed by atoms with Crippen molar-refractivity contribution in [3.05, 3.63) is 17.5 Å². The van der Waals surface area contributed by atoms with Gasteiger partial charge in [-0.3, -0.25) is 0 Å². The monoisotopic (exact) mass is 194 g/mol. The summed E-state index contributed by atoms with van der Waals surface area (Å²) in [5.41, 5.74) is 2.02. The van der Waals surface area contributed by atoms with Crippen LogP contribution in [0.25, 0.3) is 0 Å². The van der Waals surface area contributed by atoms with Gasteiger partial charge in [0.2, 0.25) is 5.95 Å². The van der Waals surface area contributed by atoms with E-state index in [1.165, 1.54) is 0 Å². The number of nitrogens with one attached hydrogen (secondary N) is 2. The molecule has 1 rings (SSSR count). The third-order valence-corrected chi connectivity index (χ3v) is 1.87. The van der Waals surface area contributed by atoms with Crippen LogP contribution in [-0.2, 0) is 0 Å². The molecule has 78 valence electrons. The van der Waals surface area contributed by atoms with E-state index >= 15 is 0 Å². The Morgan fingerprint density at radius 1 is 1.14 bits per heavy atom. The van der Waals surface area contributed by atoms with Gasteiger partial charge in [-0.05, 0) is 39.9 Å². The van der Waals surface area contributed by atoms with Gasteiger partial charge in [0.15, 0.2) is 0 Å². The smallest absolute Gasteiger partial charge is 0.223 e. The lowest BCUT2D eigenvalue weighted by molar-refractivity contribution is 0.744. The average Bonchev–Trinajstić information content (AvgIpc) is 2.11. The summed E-state index contributed by atoms with van der Waals surface area (Å²) >= 11 is 0. The van der Waals surface area contributed by atoms with E-state index in [0.717, 1.165) is 36.8 Å². The molecule has 0 amide bonds. The molecule has 0 saturated carbocycles. The molecule has 0 aliphatic rings. The van der Waals surface area contributed by atoms with E-state index in [2.05, 4.69) is 20.6 Å². The first kappa shape index (κ1) is 10.9. The second-order valence-electron chi connectivity index (χ2n) is 3.36. The largest absolute Gasteiger partial charge is 0.354 e. The highest BCUT2D eigenvalue weighted by atomic mass is 15.1. The molecule has 4 nitrogen and oxygen atoms in total. The van der Waals surface area contributed by atoms with E-state index in [-0.39, 0.29) is 0 Å². The van der Waals surface area contributed by atoms with E-state index in [9.17, 15) is 0 Å². The Morgan fingerprint density at radius 2 is 1.79 bits per heavy atom. The number of aryl methyl sites for hydroxylation is 2. The van der Waals surface area contributed by atoms with Crippen LogP contribution in [0.1, 0.15) is 17.8 Å². The lowest BCUT2D eigenvalue weighted by Gasteiger charge is -2.05. The van der Waals surface area contributed by atoms with Crippen LogP contribution in [0.4, 0.5) is 5.95 Å². The number of hydrogen-bond donors (Lipinski definition) is 2. The molecule has 1 aromatic heterocycles. The van der Waals surface area contributed by atoms with Crippen LogP contribution >= 0.6 is 0 Å². The minimum atomic E-state index is 0.735. The maximum Gasteiger partial charge on any atom is 0.223 e. The van der Waals surface area contributed by atoms with Crippen LogP contribution in [0, 0.1) is 13.8 Å². The zero-order valence-electron chi connectivity index (χ0n) is 9.09. The zero-order valence-corrected chi connectivity index (χ0v) is 9.09. The first-order chi connectivity index (χ1) is 6.72. The van der Waals surface area contributed by atoms with Crippen molar-refractivity contribution in [3.63, 3.8) is 0 Å². The summed E-state index contributed by atoms with van der Waals surface area (Å²) in [6.07, 6.45) is 1.08. The first-order valence-electron chi connectivity index (χ1n) is 4.93.